The minimum atomic E-state index is -0.529. The number of piperidine rings is 1. The van der Waals surface area contributed by atoms with E-state index in [0.29, 0.717) is 6.54 Å². The summed E-state index contributed by atoms with van der Waals surface area (Å²) < 4.78 is 5.56. The Bertz CT molecular complexity index is 611. The van der Waals surface area contributed by atoms with E-state index >= 15 is 0 Å². The van der Waals surface area contributed by atoms with Gasteiger partial charge < -0.3 is 15.0 Å². The van der Waals surface area contributed by atoms with Crippen molar-refractivity contribution in [1.29, 1.82) is 0 Å². The van der Waals surface area contributed by atoms with Gasteiger partial charge in [-0.25, -0.2) is 9.59 Å². The highest BCUT2D eigenvalue weighted by atomic mass is 16.6. The quantitative estimate of drug-likeness (QED) is 0.662. The number of urea groups is 1. The second kappa shape index (κ2) is 11.7. The van der Waals surface area contributed by atoms with E-state index in [9.17, 15) is 14.4 Å². The molecule has 1 aliphatic carbocycles. The molecule has 0 aromatic rings. The standard InChI is InChI=1S/C23H42N4O4/c1-17(2)27(22(30)31-23(3,4)5)15-18-10-9-13-26(14-18)16-20(28)25-21(29)24-19-11-7-6-8-12-19/h17-19H,6-16H2,1-5H3,(H2,24,25,28,29). The summed E-state index contributed by atoms with van der Waals surface area (Å²) in [5.74, 6) is -0.00523. The van der Waals surface area contributed by atoms with Crippen LogP contribution < -0.4 is 10.6 Å². The van der Waals surface area contributed by atoms with Crippen molar-refractivity contribution >= 4 is 18.0 Å². The predicted molar refractivity (Wildman–Crippen MR) is 121 cm³/mol. The third kappa shape index (κ3) is 9.46. The first-order valence-corrected chi connectivity index (χ1v) is 11.9. The van der Waals surface area contributed by atoms with Crippen LogP contribution in [0.2, 0.25) is 0 Å². The van der Waals surface area contributed by atoms with Crippen LogP contribution in [0.3, 0.4) is 0 Å². The van der Waals surface area contributed by atoms with Crippen LogP contribution in [0.25, 0.3) is 0 Å². The molecule has 1 aliphatic heterocycles. The first-order valence-electron chi connectivity index (χ1n) is 11.9. The number of carbonyl (C=O) groups is 3. The van der Waals surface area contributed by atoms with Gasteiger partial charge in [-0.2, -0.15) is 0 Å². The summed E-state index contributed by atoms with van der Waals surface area (Å²) in [6, 6.07) is -0.172. The second-order valence-corrected chi connectivity index (χ2v) is 10.3. The van der Waals surface area contributed by atoms with Gasteiger partial charge in [0.15, 0.2) is 0 Å². The summed E-state index contributed by atoms with van der Waals surface area (Å²) in [6.07, 6.45) is 7.13. The predicted octanol–water partition coefficient (Wildman–Crippen LogP) is 3.50. The summed E-state index contributed by atoms with van der Waals surface area (Å²) in [6.45, 7) is 11.9. The molecule has 1 saturated carbocycles. The average molecular weight is 439 g/mol. The molecule has 0 spiro atoms. The van der Waals surface area contributed by atoms with Crippen LogP contribution in [0.5, 0.6) is 0 Å². The van der Waals surface area contributed by atoms with E-state index in [0.717, 1.165) is 51.6 Å². The van der Waals surface area contributed by atoms with Crippen LogP contribution in [-0.2, 0) is 9.53 Å². The molecule has 1 atom stereocenters. The molecule has 2 N–H and O–H groups in total. The molecular formula is C23H42N4O4. The summed E-state index contributed by atoms with van der Waals surface area (Å²) in [5, 5.41) is 5.40. The Hall–Kier alpha value is -1.83. The van der Waals surface area contributed by atoms with Crippen LogP contribution in [0.15, 0.2) is 0 Å². The average Bonchev–Trinajstić information content (AvgIpc) is 2.65. The molecule has 0 radical (unpaired) electrons. The molecule has 31 heavy (non-hydrogen) atoms. The van der Waals surface area contributed by atoms with Gasteiger partial charge in [0, 0.05) is 25.2 Å². The Kier molecular flexibility index (Phi) is 9.59. The lowest BCUT2D eigenvalue weighted by atomic mass is 9.96. The van der Waals surface area contributed by atoms with Crippen molar-refractivity contribution < 1.29 is 19.1 Å². The van der Waals surface area contributed by atoms with E-state index in [2.05, 4.69) is 15.5 Å². The fourth-order valence-electron chi connectivity index (χ4n) is 4.38. The van der Waals surface area contributed by atoms with Gasteiger partial charge in [-0.05, 0) is 72.8 Å². The Labute approximate surface area is 187 Å². The van der Waals surface area contributed by atoms with Crippen LogP contribution >= 0.6 is 0 Å². The maximum atomic E-state index is 12.6. The fraction of sp³-hybridized carbons (Fsp3) is 0.870. The van der Waals surface area contributed by atoms with Gasteiger partial charge in [-0.1, -0.05) is 19.3 Å². The Balaban J connectivity index is 1.80. The molecule has 2 fully saturated rings. The first kappa shape index (κ1) is 25.4. The second-order valence-electron chi connectivity index (χ2n) is 10.3. The summed E-state index contributed by atoms with van der Waals surface area (Å²) in [4.78, 5) is 40.9. The fourth-order valence-corrected chi connectivity index (χ4v) is 4.38. The number of hydrogen-bond acceptors (Lipinski definition) is 5. The molecule has 8 heteroatoms. The zero-order valence-corrected chi connectivity index (χ0v) is 20.0. The maximum absolute atomic E-state index is 12.6. The number of hydrogen-bond donors (Lipinski definition) is 2. The number of amides is 4. The van der Waals surface area contributed by atoms with Crippen molar-refractivity contribution in [3.63, 3.8) is 0 Å². The lowest BCUT2D eigenvalue weighted by molar-refractivity contribution is -0.121. The van der Waals surface area contributed by atoms with Crippen LogP contribution in [-0.4, -0.2) is 71.7 Å². The molecule has 178 valence electrons. The Morgan fingerprint density at radius 1 is 1.06 bits per heavy atom. The lowest BCUT2D eigenvalue weighted by Crippen LogP contribution is -2.50. The highest BCUT2D eigenvalue weighted by molar-refractivity contribution is 5.95. The Morgan fingerprint density at radius 3 is 2.35 bits per heavy atom. The molecule has 0 aromatic carbocycles. The van der Waals surface area contributed by atoms with Crippen LogP contribution in [0.1, 0.15) is 79.6 Å². The van der Waals surface area contributed by atoms with Crippen molar-refractivity contribution in [2.45, 2.75) is 97.2 Å². The number of likely N-dealkylation sites (tertiary alicyclic amines) is 1. The molecule has 0 bridgehead atoms. The van der Waals surface area contributed by atoms with Crippen molar-refractivity contribution in [3.8, 4) is 0 Å². The zero-order valence-electron chi connectivity index (χ0n) is 20.0. The number of nitrogens with zero attached hydrogens (tertiary/aromatic N) is 2. The van der Waals surface area contributed by atoms with E-state index < -0.39 is 5.60 Å². The van der Waals surface area contributed by atoms with Crippen LogP contribution in [0, 0.1) is 5.92 Å². The minimum absolute atomic E-state index is 0.0389. The molecule has 1 saturated heterocycles. The third-order valence-electron chi connectivity index (χ3n) is 5.87. The number of carbonyl (C=O) groups excluding carboxylic acids is 3. The van der Waals surface area contributed by atoms with Crippen molar-refractivity contribution in [2.24, 2.45) is 5.92 Å². The molecule has 2 aliphatic rings. The first-order chi connectivity index (χ1) is 14.5. The van der Waals surface area contributed by atoms with E-state index in [1.54, 1.807) is 4.90 Å². The summed E-state index contributed by atoms with van der Waals surface area (Å²) >= 11 is 0. The highest BCUT2D eigenvalue weighted by Crippen LogP contribution is 2.21. The third-order valence-corrected chi connectivity index (χ3v) is 5.87. The van der Waals surface area contributed by atoms with Crippen LogP contribution in [0.4, 0.5) is 9.59 Å². The molecular weight excluding hydrogens is 396 g/mol. The normalized spacial score (nSPS) is 20.9. The molecule has 0 aromatic heterocycles. The van der Waals surface area contributed by atoms with Gasteiger partial charge in [0.25, 0.3) is 0 Å². The molecule has 4 amide bonds. The maximum Gasteiger partial charge on any atom is 0.410 e. The monoisotopic (exact) mass is 438 g/mol. The highest BCUT2D eigenvalue weighted by Gasteiger charge is 2.29. The van der Waals surface area contributed by atoms with Gasteiger partial charge in [0.1, 0.15) is 5.60 Å². The number of ether oxygens (including phenoxy) is 1. The molecule has 2 rings (SSSR count). The number of rotatable bonds is 6. The van der Waals surface area contributed by atoms with Crippen molar-refractivity contribution in [1.82, 2.24) is 20.4 Å². The van der Waals surface area contributed by atoms with Gasteiger partial charge >= 0.3 is 12.1 Å². The van der Waals surface area contributed by atoms with E-state index in [-0.39, 0.29) is 42.6 Å². The van der Waals surface area contributed by atoms with E-state index in [1.807, 2.05) is 34.6 Å². The van der Waals surface area contributed by atoms with Gasteiger partial charge in [0.2, 0.25) is 5.91 Å². The van der Waals surface area contributed by atoms with Crippen molar-refractivity contribution in [2.75, 3.05) is 26.2 Å². The number of imide groups is 1. The summed E-state index contributed by atoms with van der Waals surface area (Å²) in [5.41, 5.74) is -0.529. The van der Waals surface area contributed by atoms with E-state index in [1.165, 1.54) is 6.42 Å². The SMILES string of the molecule is CC(C)N(CC1CCCN(CC(=O)NC(=O)NC2CCCCC2)C1)C(=O)OC(C)(C)C. The topological polar surface area (TPSA) is 91.0 Å². The van der Waals surface area contributed by atoms with Gasteiger partial charge in [0.05, 0.1) is 6.54 Å². The lowest BCUT2D eigenvalue weighted by Gasteiger charge is -2.37. The van der Waals surface area contributed by atoms with Gasteiger partial charge in [-0.3, -0.25) is 15.0 Å². The minimum Gasteiger partial charge on any atom is -0.444 e. The smallest absolute Gasteiger partial charge is 0.410 e. The van der Waals surface area contributed by atoms with Crippen molar-refractivity contribution in [3.05, 3.63) is 0 Å². The van der Waals surface area contributed by atoms with Gasteiger partial charge in [-0.15, -0.1) is 0 Å². The Morgan fingerprint density at radius 2 is 1.74 bits per heavy atom. The molecule has 1 heterocycles. The zero-order chi connectivity index (χ0) is 23.0. The molecule has 8 nitrogen and oxygen atoms in total. The molecule has 1 unspecified atom stereocenters. The van der Waals surface area contributed by atoms with E-state index in [4.69, 9.17) is 4.74 Å². The number of nitrogens with one attached hydrogen (secondary N) is 2. The summed E-state index contributed by atoms with van der Waals surface area (Å²) in [7, 11) is 0. The largest absolute Gasteiger partial charge is 0.444 e.